The molecule has 0 unspecified atom stereocenters. The highest BCUT2D eigenvalue weighted by molar-refractivity contribution is 5.75. The zero-order valence-corrected chi connectivity index (χ0v) is 10.0. The SMILES string of the molecule is CN(C)C(=O)CCCn1cnc(CCN)c1. The van der Waals surface area contributed by atoms with E-state index in [1.165, 1.54) is 0 Å². The third-order valence-corrected chi connectivity index (χ3v) is 2.39. The molecular formula is C11H20N4O. The number of carbonyl (C=O) groups excluding carboxylic acids is 1. The van der Waals surface area contributed by atoms with Crippen LogP contribution in [-0.2, 0) is 17.8 Å². The van der Waals surface area contributed by atoms with Gasteiger partial charge in [-0.3, -0.25) is 4.79 Å². The number of imidazole rings is 1. The molecule has 90 valence electrons. The molecule has 0 aliphatic heterocycles. The Morgan fingerprint density at radius 3 is 2.94 bits per heavy atom. The quantitative estimate of drug-likeness (QED) is 0.753. The minimum Gasteiger partial charge on any atom is -0.349 e. The summed E-state index contributed by atoms with van der Waals surface area (Å²) in [6.07, 6.45) is 6.02. The van der Waals surface area contributed by atoms with E-state index in [9.17, 15) is 4.79 Å². The summed E-state index contributed by atoms with van der Waals surface area (Å²) >= 11 is 0. The molecule has 1 aromatic rings. The molecule has 5 nitrogen and oxygen atoms in total. The van der Waals surface area contributed by atoms with Gasteiger partial charge in [0.2, 0.25) is 5.91 Å². The average Bonchev–Trinajstić information content (AvgIpc) is 2.66. The largest absolute Gasteiger partial charge is 0.349 e. The number of carbonyl (C=O) groups is 1. The molecule has 1 amide bonds. The fourth-order valence-electron chi connectivity index (χ4n) is 1.44. The summed E-state index contributed by atoms with van der Waals surface area (Å²) in [6, 6.07) is 0. The third kappa shape index (κ3) is 4.02. The van der Waals surface area contributed by atoms with Crippen molar-refractivity contribution in [2.24, 2.45) is 5.73 Å². The second-order valence-corrected chi connectivity index (χ2v) is 4.03. The molecule has 0 atom stereocenters. The number of amides is 1. The molecular weight excluding hydrogens is 204 g/mol. The smallest absolute Gasteiger partial charge is 0.222 e. The normalized spacial score (nSPS) is 10.4. The van der Waals surface area contributed by atoms with Gasteiger partial charge in [-0.05, 0) is 13.0 Å². The van der Waals surface area contributed by atoms with E-state index < -0.39 is 0 Å². The number of aryl methyl sites for hydroxylation is 1. The Balaban J connectivity index is 2.29. The lowest BCUT2D eigenvalue weighted by molar-refractivity contribution is -0.128. The standard InChI is InChI=1S/C11H20N4O/c1-14(2)11(16)4-3-7-15-8-10(5-6-12)13-9-15/h8-9H,3-7,12H2,1-2H3. The van der Waals surface area contributed by atoms with E-state index in [1.807, 2.05) is 10.8 Å². The summed E-state index contributed by atoms with van der Waals surface area (Å²) < 4.78 is 2.01. The maximum absolute atomic E-state index is 11.3. The monoisotopic (exact) mass is 224 g/mol. The second kappa shape index (κ2) is 6.27. The van der Waals surface area contributed by atoms with E-state index in [0.29, 0.717) is 13.0 Å². The highest BCUT2D eigenvalue weighted by Crippen LogP contribution is 2.01. The van der Waals surface area contributed by atoms with Crippen LogP contribution >= 0.6 is 0 Å². The summed E-state index contributed by atoms with van der Waals surface area (Å²) in [6.45, 7) is 1.45. The fourth-order valence-corrected chi connectivity index (χ4v) is 1.44. The van der Waals surface area contributed by atoms with Crippen molar-refractivity contribution in [1.29, 1.82) is 0 Å². The van der Waals surface area contributed by atoms with Gasteiger partial charge in [0.1, 0.15) is 0 Å². The van der Waals surface area contributed by atoms with Gasteiger partial charge in [-0.15, -0.1) is 0 Å². The van der Waals surface area contributed by atoms with Gasteiger partial charge >= 0.3 is 0 Å². The summed E-state index contributed by atoms with van der Waals surface area (Å²) in [4.78, 5) is 17.2. The number of aromatic nitrogens is 2. The highest BCUT2D eigenvalue weighted by atomic mass is 16.2. The molecule has 0 bridgehead atoms. The molecule has 0 saturated heterocycles. The topological polar surface area (TPSA) is 64.2 Å². The van der Waals surface area contributed by atoms with Crippen molar-refractivity contribution in [3.63, 3.8) is 0 Å². The molecule has 0 aliphatic rings. The maximum Gasteiger partial charge on any atom is 0.222 e. The fraction of sp³-hybridized carbons (Fsp3) is 0.636. The molecule has 1 aromatic heterocycles. The Hall–Kier alpha value is -1.36. The molecule has 0 fully saturated rings. The predicted octanol–water partition coefficient (Wildman–Crippen LogP) is 0.253. The van der Waals surface area contributed by atoms with Gasteiger partial charge in [-0.25, -0.2) is 4.98 Å². The van der Waals surface area contributed by atoms with Crippen LogP contribution in [0.5, 0.6) is 0 Å². The molecule has 16 heavy (non-hydrogen) atoms. The molecule has 0 radical (unpaired) electrons. The van der Waals surface area contributed by atoms with E-state index in [-0.39, 0.29) is 5.91 Å². The zero-order valence-electron chi connectivity index (χ0n) is 10.0. The number of nitrogens with two attached hydrogens (primary N) is 1. The number of rotatable bonds is 6. The van der Waals surface area contributed by atoms with Gasteiger partial charge in [-0.1, -0.05) is 0 Å². The Morgan fingerprint density at radius 1 is 1.56 bits per heavy atom. The Kier molecular flexibility index (Phi) is 4.98. The average molecular weight is 224 g/mol. The van der Waals surface area contributed by atoms with Crippen molar-refractivity contribution in [3.8, 4) is 0 Å². The van der Waals surface area contributed by atoms with Crippen LogP contribution in [0.4, 0.5) is 0 Å². The van der Waals surface area contributed by atoms with Crippen LogP contribution in [0.25, 0.3) is 0 Å². The van der Waals surface area contributed by atoms with Crippen molar-refractivity contribution in [2.75, 3.05) is 20.6 Å². The first-order valence-electron chi connectivity index (χ1n) is 5.54. The molecule has 0 aromatic carbocycles. The third-order valence-electron chi connectivity index (χ3n) is 2.39. The van der Waals surface area contributed by atoms with Crippen molar-refractivity contribution in [2.45, 2.75) is 25.8 Å². The van der Waals surface area contributed by atoms with Crippen molar-refractivity contribution in [3.05, 3.63) is 18.2 Å². The molecule has 1 heterocycles. The second-order valence-electron chi connectivity index (χ2n) is 4.03. The zero-order chi connectivity index (χ0) is 12.0. The highest BCUT2D eigenvalue weighted by Gasteiger charge is 2.03. The Morgan fingerprint density at radius 2 is 2.31 bits per heavy atom. The van der Waals surface area contributed by atoms with Gasteiger partial charge in [0.25, 0.3) is 0 Å². The Bertz CT molecular complexity index is 332. The van der Waals surface area contributed by atoms with E-state index in [0.717, 1.165) is 25.1 Å². The van der Waals surface area contributed by atoms with Crippen LogP contribution in [0, 0.1) is 0 Å². The predicted molar refractivity (Wildman–Crippen MR) is 62.9 cm³/mol. The van der Waals surface area contributed by atoms with Crippen molar-refractivity contribution >= 4 is 5.91 Å². The first-order chi connectivity index (χ1) is 7.63. The van der Waals surface area contributed by atoms with Crippen LogP contribution in [0.15, 0.2) is 12.5 Å². The van der Waals surface area contributed by atoms with E-state index in [1.54, 1.807) is 25.3 Å². The first kappa shape index (κ1) is 12.7. The molecule has 0 aliphatic carbocycles. The van der Waals surface area contributed by atoms with Crippen molar-refractivity contribution < 1.29 is 4.79 Å². The number of hydrogen-bond donors (Lipinski definition) is 1. The number of hydrogen-bond acceptors (Lipinski definition) is 3. The van der Waals surface area contributed by atoms with Crippen LogP contribution < -0.4 is 5.73 Å². The minimum absolute atomic E-state index is 0.169. The summed E-state index contributed by atoms with van der Waals surface area (Å²) in [5.41, 5.74) is 6.46. The van der Waals surface area contributed by atoms with E-state index in [4.69, 9.17) is 5.73 Å². The first-order valence-corrected chi connectivity index (χ1v) is 5.54. The van der Waals surface area contributed by atoms with E-state index >= 15 is 0 Å². The van der Waals surface area contributed by atoms with Gasteiger partial charge in [0, 0.05) is 39.7 Å². The van der Waals surface area contributed by atoms with Gasteiger partial charge in [-0.2, -0.15) is 0 Å². The summed E-state index contributed by atoms with van der Waals surface area (Å²) in [7, 11) is 3.55. The van der Waals surface area contributed by atoms with Crippen LogP contribution in [0.2, 0.25) is 0 Å². The molecule has 1 rings (SSSR count). The number of nitrogens with zero attached hydrogens (tertiary/aromatic N) is 3. The lowest BCUT2D eigenvalue weighted by atomic mass is 10.3. The van der Waals surface area contributed by atoms with Crippen LogP contribution in [-0.4, -0.2) is 41.0 Å². The summed E-state index contributed by atoms with van der Waals surface area (Å²) in [5.74, 6) is 0.169. The Labute approximate surface area is 96.3 Å². The lowest BCUT2D eigenvalue weighted by Gasteiger charge is -2.09. The lowest BCUT2D eigenvalue weighted by Crippen LogP contribution is -2.21. The van der Waals surface area contributed by atoms with Gasteiger partial charge in [0.05, 0.1) is 12.0 Å². The molecule has 5 heteroatoms. The maximum atomic E-state index is 11.3. The molecule has 0 saturated carbocycles. The van der Waals surface area contributed by atoms with Gasteiger partial charge in [0.15, 0.2) is 0 Å². The molecule has 0 spiro atoms. The van der Waals surface area contributed by atoms with Crippen LogP contribution in [0.3, 0.4) is 0 Å². The molecule has 2 N–H and O–H groups in total. The van der Waals surface area contributed by atoms with E-state index in [2.05, 4.69) is 4.98 Å². The summed E-state index contributed by atoms with van der Waals surface area (Å²) in [5, 5.41) is 0. The van der Waals surface area contributed by atoms with Gasteiger partial charge < -0.3 is 15.2 Å². The van der Waals surface area contributed by atoms with Crippen LogP contribution in [0.1, 0.15) is 18.5 Å². The van der Waals surface area contributed by atoms with Crippen molar-refractivity contribution in [1.82, 2.24) is 14.5 Å². The minimum atomic E-state index is 0.169.